The molecular weight excluding hydrogens is 358 g/mol. The monoisotopic (exact) mass is 375 g/mol. The highest BCUT2D eigenvalue weighted by Gasteiger charge is 2.23. The summed E-state index contributed by atoms with van der Waals surface area (Å²) in [6.45, 7) is 4.17. The summed E-state index contributed by atoms with van der Waals surface area (Å²) in [5.74, 6) is -0.466. The molecule has 3 aromatic rings. The molecule has 0 radical (unpaired) electrons. The number of fused-ring (bicyclic) bond motifs is 1. The van der Waals surface area contributed by atoms with E-state index in [4.69, 9.17) is 16.3 Å². The van der Waals surface area contributed by atoms with Crippen molar-refractivity contribution in [3.63, 3.8) is 0 Å². The smallest absolute Gasteiger partial charge is 0.329 e. The standard InChI is InChI=1S/C17H18ClN5O3/c1-3-13(17(25)26-4-2)22-10-19-15-14(16(22)24)20-21-23(15)9-11-5-7-12(18)8-6-11/h5-8,10,13H,3-4,9H2,1-2H3/t13-/m0/s1. The van der Waals surface area contributed by atoms with Gasteiger partial charge in [-0.25, -0.2) is 14.5 Å². The second kappa shape index (κ2) is 7.65. The Labute approximate surface area is 154 Å². The van der Waals surface area contributed by atoms with Crippen molar-refractivity contribution in [2.75, 3.05) is 6.61 Å². The van der Waals surface area contributed by atoms with Crippen molar-refractivity contribution in [3.05, 3.63) is 51.5 Å². The van der Waals surface area contributed by atoms with Gasteiger partial charge in [-0.2, -0.15) is 0 Å². The molecule has 1 atom stereocenters. The number of nitrogens with zero attached hydrogens (tertiary/aromatic N) is 5. The number of rotatable bonds is 6. The highest BCUT2D eigenvalue weighted by atomic mass is 35.5. The van der Waals surface area contributed by atoms with Crippen molar-refractivity contribution < 1.29 is 9.53 Å². The van der Waals surface area contributed by atoms with Crippen LogP contribution in [-0.4, -0.2) is 37.1 Å². The van der Waals surface area contributed by atoms with Crippen molar-refractivity contribution in [2.24, 2.45) is 0 Å². The van der Waals surface area contributed by atoms with Crippen LogP contribution in [0.1, 0.15) is 31.9 Å². The number of halogens is 1. The second-order valence-electron chi connectivity index (χ2n) is 5.68. The number of hydrogen-bond donors (Lipinski definition) is 0. The number of esters is 1. The third-order valence-electron chi connectivity index (χ3n) is 3.98. The molecule has 2 heterocycles. The van der Waals surface area contributed by atoms with Gasteiger partial charge in [0.2, 0.25) is 0 Å². The largest absolute Gasteiger partial charge is 0.464 e. The lowest BCUT2D eigenvalue weighted by molar-refractivity contribution is -0.147. The van der Waals surface area contributed by atoms with Crippen molar-refractivity contribution in [1.29, 1.82) is 0 Å². The minimum atomic E-state index is -0.735. The fourth-order valence-electron chi connectivity index (χ4n) is 2.67. The number of ether oxygens (including phenoxy) is 1. The number of aromatic nitrogens is 5. The van der Waals surface area contributed by atoms with Crippen LogP contribution in [0.25, 0.3) is 11.2 Å². The molecule has 136 valence electrons. The summed E-state index contributed by atoms with van der Waals surface area (Å²) in [4.78, 5) is 29.1. The first kappa shape index (κ1) is 18.1. The Bertz CT molecular complexity index is 980. The number of carbonyl (C=O) groups excluding carboxylic acids is 1. The zero-order valence-electron chi connectivity index (χ0n) is 14.4. The van der Waals surface area contributed by atoms with Crippen molar-refractivity contribution in [1.82, 2.24) is 24.5 Å². The van der Waals surface area contributed by atoms with Gasteiger partial charge in [-0.1, -0.05) is 35.9 Å². The predicted molar refractivity (Wildman–Crippen MR) is 96.1 cm³/mol. The molecule has 26 heavy (non-hydrogen) atoms. The van der Waals surface area contributed by atoms with Crippen LogP contribution in [0.15, 0.2) is 35.4 Å². The van der Waals surface area contributed by atoms with E-state index >= 15 is 0 Å². The van der Waals surface area contributed by atoms with E-state index in [1.165, 1.54) is 15.6 Å². The first-order valence-corrected chi connectivity index (χ1v) is 8.64. The van der Waals surface area contributed by atoms with Crippen molar-refractivity contribution in [3.8, 4) is 0 Å². The average molecular weight is 376 g/mol. The highest BCUT2D eigenvalue weighted by Crippen LogP contribution is 2.14. The molecule has 0 bridgehead atoms. The van der Waals surface area contributed by atoms with E-state index in [-0.39, 0.29) is 12.1 Å². The fraction of sp³-hybridized carbons (Fsp3) is 0.353. The molecular formula is C17H18ClN5O3. The second-order valence-corrected chi connectivity index (χ2v) is 6.12. The molecule has 0 N–H and O–H groups in total. The molecule has 2 aromatic heterocycles. The molecule has 0 saturated heterocycles. The lowest BCUT2D eigenvalue weighted by atomic mass is 10.2. The third kappa shape index (κ3) is 3.45. The van der Waals surface area contributed by atoms with Crippen LogP contribution in [0, 0.1) is 0 Å². The topological polar surface area (TPSA) is 91.9 Å². The fourth-order valence-corrected chi connectivity index (χ4v) is 2.80. The SMILES string of the molecule is CCOC(=O)[C@H](CC)n1cnc2c(nnn2Cc2ccc(Cl)cc2)c1=O. The summed E-state index contributed by atoms with van der Waals surface area (Å²) in [5.41, 5.74) is 1.01. The van der Waals surface area contributed by atoms with Gasteiger partial charge in [-0.05, 0) is 31.0 Å². The van der Waals surface area contributed by atoms with Crippen LogP contribution in [0.3, 0.4) is 0 Å². The Balaban J connectivity index is 1.97. The zero-order chi connectivity index (χ0) is 18.7. The molecule has 9 heteroatoms. The quantitative estimate of drug-likeness (QED) is 0.613. The van der Waals surface area contributed by atoms with E-state index in [9.17, 15) is 9.59 Å². The van der Waals surface area contributed by atoms with Crippen LogP contribution in [0.2, 0.25) is 5.02 Å². The van der Waals surface area contributed by atoms with Crippen LogP contribution >= 0.6 is 11.6 Å². The molecule has 0 aliphatic rings. The molecule has 3 rings (SSSR count). The molecule has 0 saturated carbocycles. The lowest BCUT2D eigenvalue weighted by Crippen LogP contribution is -2.31. The minimum absolute atomic E-state index is 0.115. The van der Waals surface area contributed by atoms with Gasteiger partial charge in [0, 0.05) is 5.02 Å². The predicted octanol–water partition coefficient (Wildman–Crippen LogP) is 2.20. The maximum Gasteiger partial charge on any atom is 0.329 e. The van der Waals surface area contributed by atoms with E-state index in [0.717, 1.165) is 5.56 Å². The Kier molecular flexibility index (Phi) is 5.32. The number of hydrogen-bond acceptors (Lipinski definition) is 6. The van der Waals surface area contributed by atoms with Gasteiger partial charge in [0.05, 0.1) is 13.2 Å². The lowest BCUT2D eigenvalue weighted by Gasteiger charge is -2.15. The van der Waals surface area contributed by atoms with E-state index in [1.807, 2.05) is 12.1 Å². The highest BCUT2D eigenvalue weighted by molar-refractivity contribution is 6.30. The Morgan fingerprint density at radius 1 is 1.27 bits per heavy atom. The zero-order valence-corrected chi connectivity index (χ0v) is 15.2. The van der Waals surface area contributed by atoms with Crippen LogP contribution in [0.4, 0.5) is 0 Å². The summed E-state index contributed by atoms with van der Waals surface area (Å²) < 4.78 is 7.82. The maximum atomic E-state index is 12.7. The van der Waals surface area contributed by atoms with E-state index < -0.39 is 17.6 Å². The molecule has 0 amide bonds. The molecule has 8 nitrogen and oxygen atoms in total. The summed E-state index contributed by atoms with van der Waals surface area (Å²) >= 11 is 5.89. The van der Waals surface area contributed by atoms with Crippen LogP contribution in [0.5, 0.6) is 0 Å². The van der Waals surface area contributed by atoms with Gasteiger partial charge in [0.25, 0.3) is 5.56 Å². The van der Waals surface area contributed by atoms with Gasteiger partial charge in [0.1, 0.15) is 12.4 Å². The van der Waals surface area contributed by atoms with Crippen LogP contribution in [-0.2, 0) is 16.1 Å². The number of carbonyl (C=O) groups is 1. The van der Waals surface area contributed by atoms with Crippen molar-refractivity contribution >= 4 is 28.7 Å². The van der Waals surface area contributed by atoms with E-state index in [0.29, 0.717) is 23.6 Å². The minimum Gasteiger partial charge on any atom is -0.464 e. The molecule has 0 fully saturated rings. The molecule has 0 aliphatic heterocycles. The summed E-state index contributed by atoms with van der Waals surface area (Å²) in [7, 11) is 0. The first-order valence-electron chi connectivity index (χ1n) is 8.26. The molecule has 0 unspecified atom stereocenters. The molecule has 0 spiro atoms. The Morgan fingerprint density at radius 3 is 2.65 bits per heavy atom. The summed E-state index contributed by atoms with van der Waals surface area (Å²) in [6.07, 6.45) is 1.75. The van der Waals surface area contributed by atoms with Crippen LogP contribution < -0.4 is 5.56 Å². The molecule has 1 aromatic carbocycles. The maximum absolute atomic E-state index is 12.7. The first-order chi connectivity index (χ1) is 12.5. The van der Waals surface area contributed by atoms with E-state index in [2.05, 4.69) is 15.3 Å². The van der Waals surface area contributed by atoms with Crippen molar-refractivity contribution in [2.45, 2.75) is 32.9 Å². The third-order valence-corrected chi connectivity index (χ3v) is 4.23. The molecule has 0 aliphatic carbocycles. The Morgan fingerprint density at radius 2 is 2.00 bits per heavy atom. The van der Waals surface area contributed by atoms with Gasteiger partial charge in [-0.15, -0.1) is 5.10 Å². The van der Waals surface area contributed by atoms with E-state index in [1.54, 1.807) is 26.0 Å². The van der Waals surface area contributed by atoms with Gasteiger partial charge in [0.15, 0.2) is 11.2 Å². The Hall–Kier alpha value is -2.74. The number of benzene rings is 1. The van der Waals surface area contributed by atoms with Gasteiger partial charge in [-0.3, -0.25) is 9.36 Å². The summed E-state index contributed by atoms with van der Waals surface area (Å²) in [6, 6.07) is 6.56. The van der Waals surface area contributed by atoms with Gasteiger partial charge >= 0.3 is 5.97 Å². The summed E-state index contributed by atoms with van der Waals surface area (Å²) in [5, 5.41) is 8.62. The van der Waals surface area contributed by atoms with Gasteiger partial charge < -0.3 is 4.74 Å². The average Bonchev–Trinajstić information content (AvgIpc) is 3.03. The normalized spacial score (nSPS) is 12.3.